The molecule has 0 aliphatic carbocycles. The number of piperidine rings is 2. The Morgan fingerprint density at radius 3 is 2.54 bits per heavy atom. The molecule has 1 unspecified atom stereocenters. The molecule has 3 heterocycles. The van der Waals surface area contributed by atoms with Crippen molar-refractivity contribution in [2.75, 3.05) is 44.6 Å². The Hall–Kier alpha value is -1.14. The minimum Gasteiger partial charge on any atom is -0.389 e. The van der Waals surface area contributed by atoms with Crippen LogP contribution in [0.4, 0.5) is 5.69 Å². The van der Waals surface area contributed by atoms with E-state index in [2.05, 4.69) is 39.8 Å². The van der Waals surface area contributed by atoms with Gasteiger partial charge in [-0.3, -0.25) is 0 Å². The van der Waals surface area contributed by atoms with Gasteiger partial charge in [-0.05, 0) is 63.5 Å². The molecule has 1 spiro atoms. The van der Waals surface area contributed by atoms with Gasteiger partial charge < -0.3 is 25.7 Å². The van der Waals surface area contributed by atoms with Gasteiger partial charge in [0.25, 0.3) is 0 Å². The summed E-state index contributed by atoms with van der Waals surface area (Å²) in [6, 6.07) is 8.66. The molecule has 0 amide bonds. The molecular formula is C19H29N3O2. The Labute approximate surface area is 144 Å². The third-order valence-electron chi connectivity index (χ3n) is 6.45. The van der Waals surface area contributed by atoms with E-state index in [0.29, 0.717) is 19.4 Å². The molecule has 1 atom stereocenters. The fourth-order valence-corrected chi connectivity index (χ4v) is 4.68. The van der Waals surface area contributed by atoms with Crippen LogP contribution in [0.3, 0.4) is 0 Å². The number of fused-ring (bicyclic) bond motifs is 2. The Morgan fingerprint density at radius 1 is 1.08 bits per heavy atom. The van der Waals surface area contributed by atoms with E-state index in [1.54, 1.807) is 0 Å². The van der Waals surface area contributed by atoms with Crippen LogP contribution in [0.25, 0.3) is 0 Å². The number of para-hydroxylation sites is 1. The van der Waals surface area contributed by atoms with E-state index in [1.807, 2.05) is 0 Å². The van der Waals surface area contributed by atoms with Crippen LogP contribution in [0.1, 0.15) is 31.2 Å². The van der Waals surface area contributed by atoms with Gasteiger partial charge in [0.1, 0.15) is 0 Å². The van der Waals surface area contributed by atoms with Crippen LogP contribution in [-0.2, 0) is 5.41 Å². The number of nitrogens with zero attached hydrogens (tertiary/aromatic N) is 1. The molecule has 3 aliphatic heterocycles. The van der Waals surface area contributed by atoms with Crippen LogP contribution in [0.2, 0.25) is 0 Å². The number of anilines is 1. The zero-order valence-corrected chi connectivity index (χ0v) is 14.3. The minimum absolute atomic E-state index is 0.254. The predicted molar refractivity (Wildman–Crippen MR) is 95.3 cm³/mol. The normalized spacial score (nSPS) is 26.8. The van der Waals surface area contributed by atoms with Crippen molar-refractivity contribution in [1.82, 2.24) is 10.2 Å². The first-order valence-corrected chi connectivity index (χ1v) is 9.28. The summed E-state index contributed by atoms with van der Waals surface area (Å²) < 4.78 is 0. The lowest BCUT2D eigenvalue weighted by Crippen LogP contribution is -2.55. The standard InChI is InChI=1S/C19H29N3O2/c23-17(19(24)5-9-20-10-6-19)13-22-11-7-18(8-12-22)14-21-16-4-2-1-3-15(16)18/h1-4,17,20-21,23-24H,5-14H2. The van der Waals surface area contributed by atoms with Gasteiger partial charge >= 0.3 is 0 Å². The van der Waals surface area contributed by atoms with Crippen molar-refractivity contribution in [2.45, 2.75) is 42.8 Å². The quantitative estimate of drug-likeness (QED) is 0.663. The molecule has 4 N–H and O–H groups in total. The molecule has 1 aromatic rings. The van der Waals surface area contributed by atoms with Crippen molar-refractivity contribution in [3.63, 3.8) is 0 Å². The summed E-state index contributed by atoms with van der Waals surface area (Å²) in [4.78, 5) is 2.33. The van der Waals surface area contributed by atoms with Crippen LogP contribution < -0.4 is 10.6 Å². The van der Waals surface area contributed by atoms with Crippen LogP contribution in [0, 0.1) is 0 Å². The zero-order chi connectivity index (χ0) is 16.6. The van der Waals surface area contributed by atoms with Crippen molar-refractivity contribution in [3.05, 3.63) is 29.8 Å². The van der Waals surface area contributed by atoms with Gasteiger partial charge in [0, 0.05) is 24.2 Å². The van der Waals surface area contributed by atoms with E-state index >= 15 is 0 Å². The van der Waals surface area contributed by atoms with Crippen LogP contribution in [0.15, 0.2) is 24.3 Å². The van der Waals surface area contributed by atoms with Crippen molar-refractivity contribution in [1.29, 1.82) is 0 Å². The second-order valence-corrected chi connectivity index (χ2v) is 7.85. The second-order valence-electron chi connectivity index (χ2n) is 7.85. The summed E-state index contributed by atoms with van der Waals surface area (Å²) in [6.45, 7) is 5.17. The lowest BCUT2D eigenvalue weighted by Gasteiger charge is -2.43. The highest BCUT2D eigenvalue weighted by atomic mass is 16.3. The summed E-state index contributed by atoms with van der Waals surface area (Å²) in [5.74, 6) is 0. The maximum Gasteiger partial charge on any atom is 0.0954 e. The molecule has 5 heteroatoms. The van der Waals surface area contributed by atoms with Gasteiger partial charge in [0.2, 0.25) is 0 Å². The van der Waals surface area contributed by atoms with Crippen molar-refractivity contribution < 1.29 is 10.2 Å². The number of benzene rings is 1. The maximum absolute atomic E-state index is 10.7. The van der Waals surface area contributed by atoms with Crippen LogP contribution >= 0.6 is 0 Å². The first-order valence-electron chi connectivity index (χ1n) is 9.28. The molecule has 0 saturated carbocycles. The lowest BCUT2D eigenvalue weighted by molar-refractivity contribution is -0.104. The van der Waals surface area contributed by atoms with Gasteiger partial charge in [-0.2, -0.15) is 0 Å². The maximum atomic E-state index is 10.7. The molecule has 132 valence electrons. The monoisotopic (exact) mass is 331 g/mol. The number of likely N-dealkylation sites (tertiary alicyclic amines) is 1. The van der Waals surface area contributed by atoms with Crippen LogP contribution in [-0.4, -0.2) is 66.1 Å². The molecule has 0 radical (unpaired) electrons. The number of aliphatic hydroxyl groups is 2. The molecule has 2 fully saturated rings. The van der Waals surface area contributed by atoms with Gasteiger partial charge in [-0.25, -0.2) is 0 Å². The molecule has 1 aromatic carbocycles. The summed E-state index contributed by atoms with van der Waals surface area (Å²) in [5.41, 5.74) is 2.09. The van der Waals surface area contributed by atoms with E-state index in [9.17, 15) is 10.2 Å². The first kappa shape index (κ1) is 16.3. The molecule has 4 rings (SSSR count). The number of rotatable bonds is 3. The van der Waals surface area contributed by atoms with Crippen molar-refractivity contribution >= 4 is 5.69 Å². The van der Waals surface area contributed by atoms with Gasteiger partial charge in [-0.15, -0.1) is 0 Å². The van der Waals surface area contributed by atoms with Crippen molar-refractivity contribution in [2.24, 2.45) is 0 Å². The molecule has 2 saturated heterocycles. The second kappa shape index (κ2) is 6.30. The molecule has 5 nitrogen and oxygen atoms in total. The average Bonchev–Trinajstić information content (AvgIpc) is 2.97. The molecular weight excluding hydrogens is 302 g/mol. The summed E-state index contributed by atoms with van der Waals surface area (Å²) >= 11 is 0. The number of β-amino-alcohol motifs (C(OH)–C–C–N with tert-alkyl or cyclic N) is 1. The fourth-order valence-electron chi connectivity index (χ4n) is 4.68. The third-order valence-corrected chi connectivity index (χ3v) is 6.45. The number of nitrogens with one attached hydrogen (secondary N) is 2. The van der Waals surface area contributed by atoms with Crippen molar-refractivity contribution in [3.8, 4) is 0 Å². The smallest absolute Gasteiger partial charge is 0.0954 e. The fraction of sp³-hybridized carbons (Fsp3) is 0.684. The summed E-state index contributed by atoms with van der Waals surface area (Å²) in [6.07, 6.45) is 2.86. The minimum atomic E-state index is -0.915. The average molecular weight is 331 g/mol. The predicted octanol–water partition coefficient (Wildman–Crippen LogP) is 0.921. The molecule has 0 aromatic heterocycles. The number of hydrogen-bond acceptors (Lipinski definition) is 5. The lowest BCUT2D eigenvalue weighted by atomic mass is 9.74. The zero-order valence-electron chi connectivity index (χ0n) is 14.3. The largest absolute Gasteiger partial charge is 0.389 e. The highest BCUT2D eigenvalue weighted by Gasteiger charge is 2.43. The highest BCUT2D eigenvalue weighted by Crippen LogP contribution is 2.43. The van der Waals surface area contributed by atoms with Gasteiger partial charge in [0.05, 0.1) is 11.7 Å². The number of aliphatic hydroxyl groups excluding tert-OH is 1. The molecule has 3 aliphatic rings. The Bertz CT molecular complexity index is 578. The first-order chi connectivity index (χ1) is 11.6. The SMILES string of the molecule is OC(CN1CCC2(CC1)CNc1ccccc12)C1(O)CCNCC1. The Morgan fingerprint density at radius 2 is 1.79 bits per heavy atom. The summed E-state index contributed by atoms with van der Waals surface area (Å²) in [7, 11) is 0. The van der Waals surface area contributed by atoms with E-state index < -0.39 is 11.7 Å². The molecule has 24 heavy (non-hydrogen) atoms. The van der Waals surface area contributed by atoms with E-state index in [0.717, 1.165) is 45.6 Å². The van der Waals surface area contributed by atoms with Crippen LogP contribution in [0.5, 0.6) is 0 Å². The summed E-state index contributed by atoms with van der Waals surface area (Å²) in [5, 5.41) is 28.1. The Balaban J connectivity index is 1.37. The topological polar surface area (TPSA) is 67.8 Å². The highest BCUT2D eigenvalue weighted by molar-refractivity contribution is 5.60. The van der Waals surface area contributed by atoms with E-state index in [1.165, 1.54) is 11.3 Å². The Kier molecular flexibility index (Phi) is 4.29. The van der Waals surface area contributed by atoms with Gasteiger partial charge in [-0.1, -0.05) is 18.2 Å². The number of hydrogen-bond donors (Lipinski definition) is 4. The van der Waals surface area contributed by atoms with Gasteiger partial charge in [0.15, 0.2) is 0 Å². The third kappa shape index (κ3) is 2.84. The van der Waals surface area contributed by atoms with E-state index in [-0.39, 0.29) is 5.41 Å². The van der Waals surface area contributed by atoms with E-state index in [4.69, 9.17) is 0 Å². The molecule has 0 bridgehead atoms.